The third kappa shape index (κ3) is 3.64. The van der Waals surface area contributed by atoms with E-state index in [4.69, 9.17) is 5.11 Å². The Morgan fingerprint density at radius 1 is 1.44 bits per heavy atom. The zero-order valence-electron chi connectivity index (χ0n) is 10.6. The summed E-state index contributed by atoms with van der Waals surface area (Å²) in [6.45, 7) is 1.97. The third-order valence-electron chi connectivity index (χ3n) is 3.04. The molecule has 1 aliphatic rings. The normalized spacial score (nSPS) is 21.1. The molecular formula is C10H20N2O5S. The predicted octanol–water partition coefficient (Wildman–Crippen LogP) is -0.660. The lowest BCUT2D eigenvalue weighted by Gasteiger charge is -2.32. The Balaban J connectivity index is 2.63. The number of aliphatic hydroxyl groups is 1. The molecule has 1 heterocycles. The fourth-order valence-electron chi connectivity index (χ4n) is 2.00. The Bertz CT molecular complexity index is 387. The fourth-order valence-corrected chi connectivity index (χ4v) is 3.47. The van der Waals surface area contributed by atoms with Gasteiger partial charge < -0.3 is 10.2 Å². The molecule has 0 amide bonds. The Morgan fingerprint density at radius 2 is 1.94 bits per heavy atom. The van der Waals surface area contributed by atoms with Crippen LogP contribution in [0.5, 0.6) is 0 Å². The smallest absolute Gasteiger partial charge is 0.306 e. The van der Waals surface area contributed by atoms with E-state index >= 15 is 0 Å². The molecule has 0 radical (unpaired) electrons. The van der Waals surface area contributed by atoms with Crippen molar-refractivity contribution in [2.75, 3.05) is 26.7 Å². The lowest BCUT2D eigenvalue weighted by molar-refractivity contribution is -0.142. The van der Waals surface area contributed by atoms with Gasteiger partial charge in [0.25, 0.3) is 10.2 Å². The minimum Gasteiger partial charge on any atom is -0.481 e. The van der Waals surface area contributed by atoms with Crippen molar-refractivity contribution in [3.05, 3.63) is 0 Å². The first kappa shape index (κ1) is 15.4. The molecule has 1 aliphatic heterocycles. The molecule has 8 heteroatoms. The molecule has 0 bridgehead atoms. The molecule has 0 aromatic carbocycles. The van der Waals surface area contributed by atoms with Crippen molar-refractivity contribution in [1.82, 2.24) is 8.61 Å². The van der Waals surface area contributed by atoms with Gasteiger partial charge in [-0.15, -0.1) is 0 Å². The highest BCUT2D eigenvalue weighted by Gasteiger charge is 2.33. The first-order valence-corrected chi connectivity index (χ1v) is 7.27. The van der Waals surface area contributed by atoms with Crippen LogP contribution in [-0.4, -0.2) is 66.0 Å². The van der Waals surface area contributed by atoms with Crippen LogP contribution in [0.2, 0.25) is 0 Å². The fraction of sp³-hybridized carbons (Fsp3) is 0.900. The minimum atomic E-state index is -3.59. The molecule has 0 aromatic rings. The average molecular weight is 280 g/mol. The Hall–Kier alpha value is -0.700. The Labute approximate surface area is 107 Å². The highest BCUT2D eigenvalue weighted by atomic mass is 32.2. The van der Waals surface area contributed by atoms with E-state index in [1.807, 2.05) is 0 Å². The standard InChI is InChI=1S/C10H20N2O5S/c1-8(13)7-11(2)18(16,17)12-5-3-9(4-6-12)10(14)15/h8-9,13H,3-7H2,1-2H3,(H,14,15). The SMILES string of the molecule is CC(O)CN(C)S(=O)(=O)N1CCC(C(=O)O)CC1. The summed E-state index contributed by atoms with van der Waals surface area (Å²) in [6, 6.07) is 0. The van der Waals surface area contributed by atoms with Gasteiger partial charge in [-0.2, -0.15) is 17.0 Å². The van der Waals surface area contributed by atoms with E-state index in [0.717, 1.165) is 4.31 Å². The van der Waals surface area contributed by atoms with Crippen molar-refractivity contribution in [2.45, 2.75) is 25.9 Å². The summed E-state index contributed by atoms with van der Waals surface area (Å²) in [5.41, 5.74) is 0. The van der Waals surface area contributed by atoms with Crippen molar-refractivity contribution < 1.29 is 23.4 Å². The maximum atomic E-state index is 12.1. The molecule has 0 spiro atoms. The van der Waals surface area contributed by atoms with E-state index in [-0.39, 0.29) is 19.6 Å². The molecule has 0 aromatic heterocycles. The van der Waals surface area contributed by atoms with Gasteiger partial charge in [-0.05, 0) is 19.8 Å². The second-order valence-corrected chi connectivity index (χ2v) is 6.68. The largest absolute Gasteiger partial charge is 0.481 e. The lowest BCUT2D eigenvalue weighted by atomic mass is 9.99. The van der Waals surface area contributed by atoms with E-state index in [2.05, 4.69) is 0 Å². The highest BCUT2D eigenvalue weighted by molar-refractivity contribution is 7.86. The van der Waals surface area contributed by atoms with Gasteiger partial charge in [0, 0.05) is 26.7 Å². The van der Waals surface area contributed by atoms with Crippen LogP contribution in [-0.2, 0) is 15.0 Å². The maximum absolute atomic E-state index is 12.1. The second kappa shape index (κ2) is 5.96. The molecule has 0 aliphatic carbocycles. The predicted molar refractivity (Wildman–Crippen MR) is 65.2 cm³/mol. The molecule has 0 saturated carbocycles. The van der Waals surface area contributed by atoms with Crippen molar-refractivity contribution in [3.63, 3.8) is 0 Å². The number of rotatable bonds is 5. The van der Waals surface area contributed by atoms with E-state index in [1.165, 1.54) is 18.3 Å². The summed E-state index contributed by atoms with van der Waals surface area (Å²) in [5, 5.41) is 18.0. The summed E-state index contributed by atoms with van der Waals surface area (Å²) >= 11 is 0. The zero-order chi connectivity index (χ0) is 13.9. The maximum Gasteiger partial charge on any atom is 0.306 e. The molecule has 1 fully saturated rings. The molecule has 1 unspecified atom stereocenters. The summed E-state index contributed by atoms with van der Waals surface area (Å²) in [6.07, 6.45) is -0.0740. The topological polar surface area (TPSA) is 98.2 Å². The highest BCUT2D eigenvalue weighted by Crippen LogP contribution is 2.21. The van der Waals surface area contributed by atoms with Crippen molar-refractivity contribution in [1.29, 1.82) is 0 Å². The van der Waals surface area contributed by atoms with Gasteiger partial charge in [-0.25, -0.2) is 0 Å². The van der Waals surface area contributed by atoms with Crippen LogP contribution in [0.4, 0.5) is 0 Å². The van der Waals surface area contributed by atoms with Gasteiger partial charge in [0.05, 0.1) is 12.0 Å². The van der Waals surface area contributed by atoms with Gasteiger partial charge >= 0.3 is 5.97 Å². The quantitative estimate of drug-likeness (QED) is 0.696. The molecule has 1 rings (SSSR count). The second-order valence-electron chi connectivity index (χ2n) is 4.65. The number of aliphatic carboxylic acids is 1. The van der Waals surface area contributed by atoms with Crippen molar-refractivity contribution >= 4 is 16.2 Å². The minimum absolute atomic E-state index is 0.0290. The molecular weight excluding hydrogens is 260 g/mol. The molecule has 1 saturated heterocycles. The third-order valence-corrected chi connectivity index (χ3v) is 5.00. The van der Waals surface area contributed by atoms with Gasteiger partial charge in [0.1, 0.15) is 0 Å². The number of carboxylic acids is 1. The number of likely N-dealkylation sites (N-methyl/N-ethyl adjacent to an activating group) is 1. The number of nitrogens with zero attached hydrogens (tertiary/aromatic N) is 2. The number of carbonyl (C=O) groups is 1. The van der Waals surface area contributed by atoms with E-state index in [1.54, 1.807) is 0 Å². The van der Waals surface area contributed by atoms with Crippen molar-refractivity contribution in [2.24, 2.45) is 5.92 Å². The van der Waals surface area contributed by atoms with Crippen molar-refractivity contribution in [3.8, 4) is 0 Å². The van der Waals surface area contributed by atoms with Crippen LogP contribution >= 0.6 is 0 Å². The van der Waals surface area contributed by atoms with Crippen LogP contribution in [0.3, 0.4) is 0 Å². The number of hydrogen-bond donors (Lipinski definition) is 2. The lowest BCUT2D eigenvalue weighted by Crippen LogP contribution is -2.48. The van der Waals surface area contributed by atoms with E-state index in [0.29, 0.717) is 12.8 Å². The molecule has 2 N–H and O–H groups in total. The van der Waals surface area contributed by atoms with Crippen LogP contribution in [0.1, 0.15) is 19.8 Å². The first-order valence-electron chi connectivity index (χ1n) is 5.87. The van der Waals surface area contributed by atoms with Gasteiger partial charge in [-0.1, -0.05) is 0 Å². The van der Waals surface area contributed by atoms with Gasteiger partial charge in [0.15, 0.2) is 0 Å². The average Bonchev–Trinajstić information content (AvgIpc) is 2.28. The van der Waals surface area contributed by atoms with Crippen LogP contribution < -0.4 is 0 Å². The zero-order valence-corrected chi connectivity index (χ0v) is 11.4. The summed E-state index contributed by atoms with van der Waals surface area (Å²) < 4.78 is 26.6. The summed E-state index contributed by atoms with van der Waals surface area (Å²) in [5.74, 6) is -1.33. The van der Waals surface area contributed by atoms with Crippen LogP contribution in [0.25, 0.3) is 0 Å². The number of carboxylic acid groups (broad SMARTS) is 1. The molecule has 7 nitrogen and oxygen atoms in total. The molecule has 106 valence electrons. The Morgan fingerprint density at radius 3 is 2.33 bits per heavy atom. The van der Waals surface area contributed by atoms with E-state index < -0.39 is 28.2 Å². The van der Waals surface area contributed by atoms with Gasteiger partial charge in [-0.3, -0.25) is 4.79 Å². The number of piperidine rings is 1. The molecule has 1 atom stereocenters. The monoisotopic (exact) mass is 280 g/mol. The summed E-state index contributed by atoms with van der Waals surface area (Å²) in [4.78, 5) is 10.8. The van der Waals surface area contributed by atoms with Gasteiger partial charge in [0.2, 0.25) is 0 Å². The summed E-state index contributed by atoms with van der Waals surface area (Å²) in [7, 11) is -2.18. The van der Waals surface area contributed by atoms with E-state index in [9.17, 15) is 18.3 Å². The van der Waals surface area contributed by atoms with Crippen LogP contribution in [0.15, 0.2) is 0 Å². The first-order chi connectivity index (χ1) is 8.25. The van der Waals surface area contributed by atoms with Crippen LogP contribution in [0, 0.1) is 5.92 Å². The molecule has 18 heavy (non-hydrogen) atoms. The Kier molecular flexibility index (Phi) is 5.09. The number of hydrogen-bond acceptors (Lipinski definition) is 4. The number of aliphatic hydroxyl groups excluding tert-OH is 1.